The molecular formula is C6H7N5O3. The number of hydrogen-bond donors (Lipinski definition) is 1. The van der Waals surface area contributed by atoms with Gasteiger partial charge in [0.05, 0.1) is 12.4 Å². The number of nitrogens with zero attached hydrogens (tertiary/aromatic N) is 5. The van der Waals surface area contributed by atoms with Crippen LogP contribution in [0.1, 0.15) is 12.8 Å². The van der Waals surface area contributed by atoms with E-state index in [0.717, 1.165) is 0 Å². The minimum atomic E-state index is -0.505. The molecule has 14 heavy (non-hydrogen) atoms. The lowest BCUT2D eigenvalue weighted by atomic mass is 10.4. The number of aromatic nitrogens is 4. The van der Waals surface area contributed by atoms with Gasteiger partial charge in [-0.15, -0.1) is 10.2 Å². The van der Waals surface area contributed by atoms with Gasteiger partial charge in [-0.2, -0.15) is 5.06 Å². The molecule has 2 amide bonds. The first kappa shape index (κ1) is 10.1. The van der Waals surface area contributed by atoms with Crippen molar-refractivity contribution >= 4 is 11.8 Å². The summed E-state index contributed by atoms with van der Waals surface area (Å²) in [5.41, 5.74) is 0. The summed E-state index contributed by atoms with van der Waals surface area (Å²) in [4.78, 5) is 20.5. The molecule has 2 rings (SSSR count). The molecule has 1 aromatic rings. The molecule has 0 radical (unpaired) electrons. The molecule has 0 saturated carbocycles. The van der Waals surface area contributed by atoms with E-state index in [1.54, 1.807) is 0 Å². The summed E-state index contributed by atoms with van der Waals surface area (Å²) in [6.45, 7) is 0. The van der Waals surface area contributed by atoms with Gasteiger partial charge in [0, 0.05) is 12.8 Å². The monoisotopic (exact) mass is 197 g/mol. The number of hydroxylamine groups is 2. The Bertz CT molecular complexity index is 274. The molecule has 74 valence electrons. The molecule has 0 bridgehead atoms. The molecule has 8 heteroatoms. The smallest absolute Gasteiger partial charge is 0.253 e. The van der Waals surface area contributed by atoms with E-state index in [-0.39, 0.29) is 17.9 Å². The molecule has 2 heterocycles. The minimum absolute atomic E-state index is 0.148. The second-order valence-electron chi connectivity index (χ2n) is 2.31. The number of imide groups is 1. The van der Waals surface area contributed by atoms with Crippen molar-refractivity contribution in [3.05, 3.63) is 12.4 Å². The third-order valence-corrected chi connectivity index (χ3v) is 1.37. The maximum absolute atomic E-state index is 10.2. The fraction of sp³-hybridized carbons (Fsp3) is 0.333. The third-order valence-electron chi connectivity index (χ3n) is 1.37. The van der Waals surface area contributed by atoms with E-state index >= 15 is 0 Å². The van der Waals surface area contributed by atoms with E-state index in [4.69, 9.17) is 5.21 Å². The third kappa shape index (κ3) is 2.83. The van der Waals surface area contributed by atoms with Crippen molar-refractivity contribution in [1.29, 1.82) is 0 Å². The van der Waals surface area contributed by atoms with E-state index in [2.05, 4.69) is 20.6 Å². The van der Waals surface area contributed by atoms with E-state index < -0.39 is 11.8 Å². The van der Waals surface area contributed by atoms with Gasteiger partial charge in [-0.1, -0.05) is 0 Å². The number of rotatable bonds is 0. The normalized spacial score (nSPS) is 15.1. The van der Waals surface area contributed by atoms with Crippen LogP contribution in [0.4, 0.5) is 0 Å². The molecule has 1 saturated heterocycles. The summed E-state index contributed by atoms with van der Waals surface area (Å²) in [5, 5.41) is 21.6. The summed E-state index contributed by atoms with van der Waals surface area (Å²) < 4.78 is 0. The van der Waals surface area contributed by atoms with Gasteiger partial charge in [0.1, 0.15) is 0 Å². The lowest BCUT2D eigenvalue weighted by Gasteiger charge is -1.98. The van der Waals surface area contributed by atoms with E-state index in [1.165, 1.54) is 12.4 Å². The Balaban J connectivity index is 0.000000146. The van der Waals surface area contributed by atoms with Gasteiger partial charge < -0.3 is 0 Å². The maximum atomic E-state index is 10.2. The first-order chi connectivity index (χ1) is 6.72. The van der Waals surface area contributed by atoms with Crippen LogP contribution in [0.15, 0.2) is 12.4 Å². The van der Waals surface area contributed by atoms with Crippen LogP contribution in [0.2, 0.25) is 0 Å². The van der Waals surface area contributed by atoms with Crippen LogP contribution in [0.5, 0.6) is 0 Å². The van der Waals surface area contributed by atoms with Crippen LogP contribution < -0.4 is 0 Å². The highest BCUT2D eigenvalue weighted by atomic mass is 16.5. The molecule has 1 aliphatic rings. The number of hydrogen-bond acceptors (Lipinski definition) is 7. The largest absolute Gasteiger partial charge is 0.279 e. The summed E-state index contributed by atoms with van der Waals surface area (Å²) in [5.74, 6) is -1.01. The number of carbonyl (C=O) groups excluding carboxylic acids is 2. The van der Waals surface area contributed by atoms with Crippen LogP contribution in [-0.4, -0.2) is 42.7 Å². The van der Waals surface area contributed by atoms with Gasteiger partial charge in [-0.25, -0.2) is 0 Å². The molecule has 0 spiro atoms. The van der Waals surface area contributed by atoms with Crippen molar-refractivity contribution in [1.82, 2.24) is 25.7 Å². The number of carbonyl (C=O) groups is 2. The molecule has 0 atom stereocenters. The Morgan fingerprint density at radius 3 is 1.64 bits per heavy atom. The Kier molecular flexibility index (Phi) is 3.56. The first-order valence-electron chi connectivity index (χ1n) is 3.71. The average molecular weight is 197 g/mol. The van der Waals surface area contributed by atoms with Gasteiger partial charge in [0.15, 0.2) is 0 Å². The highest BCUT2D eigenvalue weighted by Gasteiger charge is 2.26. The average Bonchev–Trinajstić information content (AvgIpc) is 2.53. The Hall–Kier alpha value is -1.96. The van der Waals surface area contributed by atoms with Crippen molar-refractivity contribution in [2.45, 2.75) is 12.8 Å². The second-order valence-corrected chi connectivity index (χ2v) is 2.31. The summed E-state index contributed by atoms with van der Waals surface area (Å²) in [6, 6.07) is 0. The summed E-state index contributed by atoms with van der Waals surface area (Å²) in [7, 11) is 0. The van der Waals surface area contributed by atoms with Crippen LogP contribution in [0.25, 0.3) is 0 Å². The highest BCUT2D eigenvalue weighted by Crippen LogP contribution is 2.06. The van der Waals surface area contributed by atoms with Crippen molar-refractivity contribution in [3.8, 4) is 0 Å². The fourth-order valence-corrected chi connectivity index (χ4v) is 0.730. The van der Waals surface area contributed by atoms with Crippen LogP contribution in [0, 0.1) is 0 Å². The van der Waals surface area contributed by atoms with E-state index in [1.807, 2.05) is 0 Å². The predicted molar refractivity (Wildman–Crippen MR) is 40.5 cm³/mol. The molecule has 8 nitrogen and oxygen atoms in total. The highest BCUT2D eigenvalue weighted by molar-refractivity contribution is 6.00. The van der Waals surface area contributed by atoms with E-state index in [9.17, 15) is 9.59 Å². The van der Waals surface area contributed by atoms with Crippen molar-refractivity contribution in [2.24, 2.45) is 0 Å². The molecule has 1 aliphatic heterocycles. The topological polar surface area (TPSA) is 109 Å². The standard InChI is InChI=1S/C4H5NO3.C2H2N4/c6-3-1-2-4(7)5(3)8;1-2-4-6-5-3-1/h8H,1-2H2;1-2H. The van der Waals surface area contributed by atoms with Crippen LogP contribution >= 0.6 is 0 Å². The van der Waals surface area contributed by atoms with Gasteiger partial charge in [-0.3, -0.25) is 14.8 Å². The SMILES string of the molecule is O=C1CCC(=O)N1O.c1cnnnn1. The Labute approximate surface area is 78.5 Å². The van der Waals surface area contributed by atoms with Gasteiger partial charge in [0.25, 0.3) is 11.8 Å². The molecule has 1 fully saturated rings. The van der Waals surface area contributed by atoms with Crippen molar-refractivity contribution in [3.63, 3.8) is 0 Å². The Morgan fingerprint density at radius 2 is 1.50 bits per heavy atom. The van der Waals surface area contributed by atoms with Crippen LogP contribution in [0.3, 0.4) is 0 Å². The predicted octanol–water partition coefficient (Wildman–Crippen LogP) is -1.21. The maximum Gasteiger partial charge on any atom is 0.253 e. The minimum Gasteiger partial charge on any atom is -0.279 e. The van der Waals surface area contributed by atoms with Gasteiger partial charge >= 0.3 is 0 Å². The zero-order chi connectivity index (χ0) is 10.4. The van der Waals surface area contributed by atoms with Crippen molar-refractivity contribution in [2.75, 3.05) is 0 Å². The zero-order valence-corrected chi connectivity index (χ0v) is 7.07. The quantitative estimate of drug-likeness (QED) is 0.410. The first-order valence-corrected chi connectivity index (χ1v) is 3.71. The molecule has 1 aromatic heterocycles. The fourth-order valence-electron chi connectivity index (χ4n) is 0.730. The second kappa shape index (κ2) is 4.92. The van der Waals surface area contributed by atoms with Crippen LogP contribution in [-0.2, 0) is 9.59 Å². The molecule has 1 N–H and O–H groups in total. The van der Waals surface area contributed by atoms with Gasteiger partial charge in [0.2, 0.25) is 0 Å². The van der Waals surface area contributed by atoms with Gasteiger partial charge in [-0.05, 0) is 10.4 Å². The molecule has 0 aliphatic carbocycles. The molecule has 0 unspecified atom stereocenters. The lowest BCUT2D eigenvalue weighted by Crippen LogP contribution is -2.24. The molecule has 0 aromatic carbocycles. The van der Waals surface area contributed by atoms with Crippen molar-refractivity contribution < 1.29 is 14.8 Å². The Morgan fingerprint density at radius 1 is 1.07 bits per heavy atom. The zero-order valence-electron chi connectivity index (χ0n) is 7.07. The molecular weight excluding hydrogens is 190 g/mol. The van der Waals surface area contributed by atoms with E-state index in [0.29, 0.717) is 0 Å². The number of amides is 2. The lowest BCUT2D eigenvalue weighted by molar-refractivity contribution is -0.171. The summed E-state index contributed by atoms with van der Waals surface area (Å²) >= 11 is 0. The summed E-state index contributed by atoms with van der Waals surface area (Å²) in [6.07, 6.45) is 3.23.